The lowest BCUT2D eigenvalue weighted by atomic mass is 9.75. The van der Waals surface area contributed by atoms with Crippen LogP contribution < -0.4 is 4.90 Å². The molecule has 1 N–H and O–H groups in total. The molecule has 0 radical (unpaired) electrons. The summed E-state index contributed by atoms with van der Waals surface area (Å²) < 4.78 is 0. The fourth-order valence-electron chi connectivity index (χ4n) is 4.04. The Morgan fingerprint density at radius 2 is 1.85 bits per heavy atom. The average Bonchev–Trinajstić information content (AvgIpc) is 2.69. The van der Waals surface area contributed by atoms with E-state index in [1.54, 1.807) is 0 Å². The lowest BCUT2D eigenvalue weighted by molar-refractivity contribution is 0.105. The van der Waals surface area contributed by atoms with Gasteiger partial charge in [-0.25, -0.2) is 4.98 Å². The number of para-hydroxylation sites is 2. The highest BCUT2D eigenvalue weighted by atomic mass is 16.3. The van der Waals surface area contributed by atoms with E-state index in [4.69, 9.17) is 4.98 Å². The van der Waals surface area contributed by atoms with Crippen molar-refractivity contribution in [3.63, 3.8) is 0 Å². The van der Waals surface area contributed by atoms with E-state index in [9.17, 15) is 5.11 Å². The monoisotopic (exact) mass is 347 g/mol. The summed E-state index contributed by atoms with van der Waals surface area (Å²) >= 11 is 0. The summed E-state index contributed by atoms with van der Waals surface area (Å²) in [6.07, 6.45) is 4.85. The normalized spacial score (nSPS) is 20.5. The molecule has 0 bridgehead atoms. The Morgan fingerprint density at radius 3 is 2.65 bits per heavy atom. The van der Waals surface area contributed by atoms with Crippen LogP contribution in [-0.4, -0.2) is 34.8 Å². The van der Waals surface area contributed by atoms with Crippen molar-refractivity contribution in [1.29, 1.82) is 0 Å². The van der Waals surface area contributed by atoms with Crippen molar-refractivity contribution in [1.82, 2.24) is 9.97 Å². The third-order valence-corrected chi connectivity index (χ3v) is 5.58. The molecular weight excluding hydrogens is 322 g/mol. The maximum Gasteiger partial charge on any atom is 0.147 e. The van der Waals surface area contributed by atoms with Gasteiger partial charge in [0.1, 0.15) is 5.82 Å². The first-order valence-electron chi connectivity index (χ1n) is 9.31. The maximum atomic E-state index is 10.3. The Bertz CT molecular complexity index is 911. The van der Waals surface area contributed by atoms with Gasteiger partial charge in [0.25, 0.3) is 0 Å². The number of hydrogen-bond donors (Lipinski definition) is 1. The lowest BCUT2D eigenvalue weighted by Gasteiger charge is -2.42. The molecule has 1 aromatic heterocycles. The van der Waals surface area contributed by atoms with E-state index in [1.165, 1.54) is 11.1 Å². The highest BCUT2D eigenvalue weighted by Gasteiger charge is 2.36. The van der Waals surface area contributed by atoms with Crippen LogP contribution in [0.25, 0.3) is 11.0 Å². The zero-order valence-electron chi connectivity index (χ0n) is 15.2. The molecule has 1 saturated heterocycles. The van der Waals surface area contributed by atoms with Gasteiger partial charge in [0.05, 0.1) is 23.8 Å². The van der Waals surface area contributed by atoms with Gasteiger partial charge in [-0.2, -0.15) is 0 Å². The number of anilines is 1. The van der Waals surface area contributed by atoms with Crippen LogP contribution in [0.1, 0.15) is 24.0 Å². The first-order valence-corrected chi connectivity index (χ1v) is 9.31. The van der Waals surface area contributed by atoms with Crippen molar-refractivity contribution < 1.29 is 5.11 Å². The molecule has 0 spiro atoms. The smallest absolute Gasteiger partial charge is 0.147 e. The first kappa shape index (κ1) is 17.0. The van der Waals surface area contributed by atoms with E-state index in [-0.39, 0.29) is 12.0 Å². The van der Waals surface area contributed by atoms with Crippen molar-refractivity contribution >= 4 is 16.9 Å². The molecule has 0 amide bonds. The molecular formula is C22H25N3O. The number of aliphatic hydroxyl groups is 1. The van der Waals surface area contributed by atoms with Gasteiger partial charge in [0.15, 0.2) is 0 Å². The van der Waals surface area contributed by atoms with Gasteiger partial charge in [0, 0.05) is 18.5 Å². The summed E-state index contributed by atoms with van der Waals surface area (Å²) in [5.41, 5.74) is 4.33. The minimum atomic E-state index is -0.127. The zero-order chi connectivity index (χ0) is 18.0. The van der Waals surface area contributed by atoms with Gasteiger partial charge >= 0.3 is 0 Å². The second-order valence-corrected chi connectivity index (χ2v) is 7.50. The molecule has 3 aromatic rings. The molecule has 1 fully saturated rings. The fraction of sp³-hybridized carbons (Fsp3) is 0.364. The van der Waals surface area contributed by atoms with E-state index < -0.39 is 0 Å². The fourth-order valence-corrected chi connectivity index (χ4v) is 4.04. The molecule has 1 aliphatic heterocycles. The Hall–Kier alpha value is -2.46. The molecule has 4 nitrogen and oxygen atoms in total. The van der Waals surface area contributed by atoms with Gasteiger partial charge < -0.3 is 10.0 Å². The van der Waals surface area contributed by atoms with E-state index >= 15 is 0 Å². The molecule has 4 heteroatoms. The summed E-state index contributed by atoms with van der Waals surface area (Å²) in [5.74, 6) is 0.908. The predicted molar refractivity (Wildman–Crippen MR) is 105 cm³/mol. The number of hydrogen-bond acceptors (Lipinski definition) is 4. The molecule has 0 saturated carbocycles. The van der Waals surface area contributed by atoms with Crippen LogP contribution in [0.15, 0.2) is 54.7 Å². The zero-order valence-corrected chi connectivity index (χ0v) is 15.2. The van der Waals surface area contributed by atoms with Gasteiger partial charge in [-0.3, -0.25) is 4.98 Å². The first-order chi connectivity index (χ1) is 12.7. The second-order valence-electron chi connectivity index (χ2n) is 7.50. The molecule has 0 aliphatic carbocycles. The van der Waals surface area contributed by atoms with Crippen LogP contribution in [0.4, 0.5) is 5.82 Å². The quantitative estimate of drug-likeness (QED) is 0.781. The van der Waals surface area contributed by atoms with Crippen LogP contribution in [0, 0.1) is 12.3 Å². The number of aromatic nitrogens is 2. The van der Waals surface area contributed by atoms with Gasteiger partial charge in [-0.15, -0.1) is 0 Å². The van der Waals surface area contributed by atoms with Crippen LogP contribution in [0.2, 0.25) is 0 Å². The van der Waals surface area contributed by atoms with Crippen LogP contribution in [-0.2, 0) is 6.42 Å². The molecule has 2 heterocycles. The number of aryl methyl sites for hydroxylation is 1. The Kier molecular flexibility index (Phi) is 4.60. The van der Waals surface area contributed by atoms with Gasteiger partial charge in [-0.05, 0) is 49.4 Å². The molecule has 1 aliphatic rings. The van der Waals surface area contributed by atoms with Gasteiger partial charge in [0.2, 0.25) is 0 Å². The Balaban J connectivity index is 1.61. The van der Waals surface area contributed by atoms with E-state index in [1.807, 2.05) is 30.5 Å². The Labute approximate surface area is 154 Å². The number of piperidine rings is 1. The molecule has 4 rings (SSSR count). The Morgan fingerprint density at radius 1 is 1.08 bits per heavy atom. The predicted octanol–water partition coefficient (Wildman–Crippen LogP) is 3.76. The lowest BCUT2D eigenvalue weighted by Crippen LogP contribution is -2.47. The number of aliphatic hydroxyl groups excluding tert-OH is 1. The summed E-state index contributed by atoms with van der Waals surface area (Å²) in [5, 5.41) is 10.3. The van der Waals surface area contributed by atoms with Crippen LogP contribution in [0.5, 0.6) is 0 Å². The van der Waals surface area contributed by atoms with E-state index in [0.717, 1.165) is 49.2 Å². The summed E-state index contributed by atoms with van der Waals surface area (Å²) in [6.45, 7) is 4.11. The minimum absolute atomic E-state index is 0.127. The topological polar surface area (TPSA) is 49.2 Å². The van der Waals surface area contributed by atoms with Crippen molar-refractivity contribution in [2.75, 3.05) is 24.6 Å². The second kappa shape index (κ2) is 7.04. The van der Waals surface area contributed by atoms with Gasteiger partial charge in [-0.1, -0.05) is 36.4 Å². The average molecular weight is 347 g/mol. The molecule has 2 aromatic carbocycles. The standard InChI is InChI=1S/C22H25N3O/c1-17-7-2-3-8-18(17)13-22(16-26)11-6-12-25(15-22)21-14-23-19-9-4-5-10-20(19)24-21/h2-5,7-10,14,26H,6,11-13,15-16H2,1H3/t22-/m1/s1. The summed E-state index contributed by atoms with van der Waals surface area (Å²) in [7, 11) is 0. The maximum absolute atomic E-state index is 10.3. The molecule has 134 valence electrons. The third kappa shape index (κ3) is 3.29. The van der Waals surface area contributed by atoms with Crippen molar-refractivity contribution in [2.24, 2.45) is 5.41 Å². The van der Waals surface area contributed by atoms with Crippen LogP contribution >= 0.6 is 0 Å². The minimum Gasteiger partial charge on any atom is -0.396 e. The highest BCUT2D eigenvalue weighted by Crippen LogP contribution is 2.35. The summed E-state index contributed by atoms with van der Waals surface area (Å²) in [4.78, 5) is 11.7. The molecule has 0 unspecified atom stereocenters. The van der Waals surface area contributed by atoms with Crippen LogP contribution in [0.3, 0.4) is 0 Å². The van der Waals surface area contributed by atoms with E-state index in [2.05, 4.69) is 41.1 Å². The molecule has 1 atom stereocenters. The third-order valence-electron chi connectivity index (χ3n) is 5.58. The number of rotatable bonds is 4. The van der Waals surface area contributed by atoms with Crippen molar-refractivity contribution in [3.8, 4) is 0 Å². The number of benzene rings is 2. The highest BCUT2D eigenvalue weighted by molar-refractivity contribution is 5.75. The summed E-state index contributed by atoms with van der Waals surface area (Å²) in [6, 6.07) is 16.5. The van der Waals surface area contributed by atoms with Crippen molar-refractivity contribution in [3.05, 3.63) is 65.9 Å². The molecule has 26 heavy (non-hydrogen) atoms. The number of nitrogens with zero attached hydrogens (tertiary/aromatic N) is 3. The van der Waals surface area contributed by atoms with Crippen molar-refractivity contribution in [2.45, 2.75) is 26.2 Å². The van der Waals surface area contributed by atoms with E-state index in [0.29, 0.717) is 0 Å². The SMILES string of the molecule is Cc1ccccc1C[C@]1(CO)CCCN(c2cnc3ccccc3n2)C1. The largest absolute Gasteiger partial charge is 0.396 e. The number of fused-ring (bicyclic) bond motifs is 1.